The van der Waals surface area contributed by atoms with E-state index in [2.05, 4.69) is 20.9 Å². The Kier molecular flexibility index (Phi) is 10.7. The number of hydrogen-bond donors (Lipinski definition) is 4. The first kappa shape index (κ1) is 33.3. The van der Waals surface area contributed by atoms with Crippen molar-refractivity contribution in [3.63, 3.8) is 0 Å². The van der Waals surface area contributed by atoms with Crippen LogP contribution in [0.3, 0.4) is 0 Å². The van der Waals surface area contributed by atoms with Gasteiger partial charge >= 0.3 is 6.18 Å². The summed E-state index contributed by atoms with van der Waals surface area (Å²) < 4.78 is 74.4. The molecule has 0 saturated carbocycles. The first-order chi connectivity index (χ1) is 21.4. The normalized spacial score (nSPS) is 14.4. The van der Waals surface area contributed by atoms with Crippen LogP contribution in [0.15, 0.2) is 82.3 Å². The number of alkyl halides is 3. The molecule has 4 N–H and O–H groups in total. The summed E-state index contributed by atoms with van der Waals surface area (Å²) in [4.78, 5) is 8.21. The predicted octanol–water partition coefficient (Wildman–Crippen LogP) is 7.87. The number of aromatic nitrogens is 1. The lowest BCUT2D eigenvalue weighted by atomic mass is 10.0. The minimum Gasteiger partial charge on any atom is -0.494 e. The average molecular weight is 627 g/mol. The van der Waals surface area contributed by atoms with E-state index in [1.54, 1.807) is 38.1 Å². The summed E-state index contributed by atoms with van der Waals surface area (Å²) in [7, 11) is 0. The van der Waals surface area contributed by atoms with E-state index in [0.29, 0.717) is 47.9 Å². The van der Waals surface area contributed by atoms with Gasteiger partial charge in [-0.05, 0) is 51.0 Å². The molecule has 238 valence electrons. The zero-order valence-electron chi connectivity index (χ0n) is 25.4. The van der Waals surface area contributed by atoms with Crippen LogP contribution >= 0.6 is 0 Å². The number of anilines is 2. The van der Waals surface area contributed by atoms with Crippen molar-refractivity contribution in [2.75, 3.05) is 30.3 Å². The van der Waals surface area contributed by atoms with E-state index in [-0.39, 0.29) is 35.9 Å². The van der Waals surface area contributed by atoms with Crippen LogP contribution in [-0.2, 0) is 12.7 Å². The third-order valence-electron chi connectivity index (χ3n) is 7.26. The van der Waals surface area contributed by atoms with E-state index in [1.165, 1.54) is 6.07 Å². The summed E-state index contributed by atoms with van der Waals surface area (Å²) in [5.74, 6) is -1.38. The van der Waals surface area contributed by atoms with Crippen LogP contribution in [0.25, 0.3) is 0 Å². The Morgan fingerprint density at radius 2 is 1.76 bits per heavy atom. The van der Waals surface area contributed by atoms with Crippen LogP contribution in [0.5, 0.6) is 5.75 Å². The van der Waals surface area contributed by atoms with E-state index in [4.69, 9.17) is 15.1 Å². The zero-order chi connectivity index (χ0) is 32.7. The van der Waals surface area contributed by atoms with Crippen LogP contribution in [-0.4, -0.2) is 36.1 Å². The highest BCUT2D eigenvalue weighted by molar-refractivity contribution is 6.47. The summed E-state index contributed by atoms with van der Waals surface area (Å²) in [5, 5.41) is 18.4. The van der Waals surface area contributed by atoms with E-state index in [9.17, 15) is 22.0 Å². The summed E-state index contributed by atoms with van der Waals surface area (Å²) in [6.07, 6.45) is -2.83. The largest absolute Gasteiger partial charge is 0.494 e. The van der Waals surface area contributed by atoms with Gasteiger partial charge in [-0.1, -0.05) is 25.1 Å². The molecule has 7 nitrogen and oxygen atoms in total. The van der Waals surface area contributed by atoms with Crippen LogP contribution in [0.2, 0.25) is 0 Å². The molecule has 45 heavy (non-hydrogen) atoms. The molecule has 12 heteroatoms. The number of nitrogens with one attached hydrogen (secondary N) is 4. The lowest BCUT2D eigenvalue weighted by Crippen LogP contribution is -2.15. The molecule has 2 heterocycles. The van der Waals surface area contributed by atoms with Gasteiger partial charge in [0.05, 0.1) is 23.7 Å². The molecule has 0 bridgehead atoms. The van der Waals surface area contributed by atoms with Crippen molar-refractivity contribution in [1.82, 2.24) is 10.3 Å². The van der Waals surface area contributed by atoms with Crippen molar-refractivity contribution in [1.29, 1.82) is 5.41 Å². The number of benzene rings is 2. The molecule has 0 radical (unpaired) electrons. The fraction of sp³-hybridized carbons (Fsp3) is 0.303. The van der Waals surface area contributed by atoms with Gasteiger partial charge in [0, 0.05) is 71.7 Å². The number of rotatable bonds is 12. The molecule has 1 aromatic heterocycles. The summed E-state index contributed by atoms with van der Waals surface area (Å²) in [6, 6.07) is 11.6. The lowest BCUT2D eigenvalue weighted by Gasteiger charge is -2.18. The Labute approximate surface area is 258 Å². The molecule has 1 aliphatic heterocycles. The smallest absolute Gasteiger partial charge is 0.433 e. The second-order valence-electron chi connectivity index (χ2n) is 10.4. The third-order valence-corrected chi connectivity index (χ3v) is 7.26. The van der Waals surface area contributed by atoms with Gasteiger partial charge < -0.3 is 20.7 Å². The van der Waals surface area contributed by atoms with Crippen molar-refractivity contribution in [2.45, 2.75) is 46.8 Å². The number of ether oxygens (including phenoxy) is 1. The highest BCUT2D eigenvalue weighted by atomic mass is 19.4. The minimum atomic E-state index is -4.58. The van der Waals surface area contributed by atoms with E-state index in [0.717, 1.165) is 35.5 Å². The van der Waals surface area contributed by atoms with Gasteiger partial charge in [0.25, 0.3) is 0 Å². The van der Waals surface area contributed by atoms with Crippen molar-refractivity contribution in [3.05, 3.63) is 106 Å². The number of para-hydroxylation sites is 1. The maximum Gasteiger partial charge on any atom is 0.433 e. The maximum absolute atomic E-state index is 14.7. The van der Waals surface area contributed by atoms with Gasteiger partial charge in [-0.3, -0.25) is 15.4 Å². The first-order valence-electron chi connectivity index (χ1n) is 14.4. The molecule has 4 rings (SSSR count). The van der Waals surface area contributed by atoms with Gasteiger partial charge in [0.15, 0.2) is 0 Å². The summed E-state index contributed by atoms with van der Waals surface area (Å²) in [5.41, 5.74) is 3.53. The highest BCUT2D eigenvalue weighted by Crippen LogP contribution is 2.31. The Morgan fingerprint density at radius 1 is 1.04 bits per heavy atom. The Bertz CT molecular complexity index is 1640. The quantitative estimate of drug-likeness (QED) is 0.121. The maximum atomic E-state index is 14.7. The van der Waals surface area contributed by atoms with Crippen molar-refractivity contribution in [2.24, 2.45) is 4.99 Å². The van der Waals surface area contributed by atoms with Gasteiger partial charge in [-0.25, -0.2) is 8.78 Å². The number of pyridine rings is 1. The molecule has 0 spiro atoms. The molecule has 2 aromatic carbocycles. The van der Waals surface area contributed by atoms with Crippen LogP contribution < -0.4 is 20.7 Å². The summed E-state index contributed by atoms with van der Waals surface area (Å²) in [6.45, 7) is 8.19. The highest BCUT2D eigenvalue weighted by Gasteiger charge is 2.32. The molecule has 0 amide bonds. The fourth-order valence-electron chi connectivity index (χ4n) is 4.77. The molecular formula is C33H35F5N6O. The van der Waals surface area contributed by atoms with E-state index < -0.39 is 23.5 Å². The van der Waals surface area contributed by atoms with Crippen molar-refractivity contribution < 1.29 is 26.7 Å². The molecule has 0 unspecified atom stereocenters. The second kappa shape index (κ2) is 14.5. The van der Waals surface area contributed by atoms with Gasteiger partial charge in [0.2, 0.25) is 0 Å². The van der Waals surface area contributed by atoms with E-state index >= 15 is 0 Å². The topological polar surface area (TPSA) is 94.4 Å². The van der Waals surface area contributed by atoms with Crippen LogP contribution in [0.4, 0.5) is 33.3 Å². The number of hydrogen-bond acceptors (Lipinski definition) is 7. The Balaban J connectivity index is 1.60. The van der Waals surface area contributed by atoms with Crippen molar-refractivity contribution >= 4 is 22.8 Å². The average Bonchev–Trinajstić information content (AvgIpc) is 3.46. The molecule has 1 aliphatic rings. The number of allylic oxidation sites excluding steroid dienone is 1. The van der Waals surface area contributed by atoms with Gasteiger partial charge in [-0.2, -0.15) is 13.2 Å². The molecule has 3 aromatic rings. The standard InChI is InChI=1S/C33H35F5N6O/c1-5-19(3)32(44-21-11-12-41-30(13-21)33(36,37)38)25-16-40-18-29(25)43-20(4)31(39)23-9-7-8-10-28(23)42-17-24-26(34)14-22(45-6-2)15-27(24)35/h7-15,39-40,42H,5-6,16-18H2,1-4H3,(H,41,44)/b32-19+,39-31?,43-20?. The predicted molar refractivity (Wildman–Crippen MR) is 167 cm³/mol. The first-order valence-corrected chi connectivity index (χ1v) is 14.4. The second-order valence-corrected chi connectivity index (χ2v) is 10.4. The molecule has 0 saturated heterocycles. The monoisotopic (exact) mass is 626 g/mol. The van der Waals surface area contributed by atoms with Crippen molar-refractivity contribution in [3.8, 4) is 5.75 Å². The zero-order valence-corrected chi connectivity index (χ0v) is 25.4. The molecular weight excluding hydrogens is 591 g/mol. The van der Waals surface area contributed by atoms with E-state index in [1.807, 2.05) is 13.8 Å². The Morgan fingerprint density at radius 3 is 2.42 bits per heavy atom. The number of halogens is 5. The van der Waals surface area contributed by atoms with Gasteiger partial charge in [-0.15, -0.1) is 0 Å². The SMILES string of the molecule is CCOc1cc(F)c(CNc2ccccc2C(=N)C(C)=NC2=C(/C(Nc3ccnc(C(F)(F)F)c3)=C(/C)CC)CNC2)c(F)c1. The fourth-order valence-corrected chi connectivity index (χ4v) is 4.77. The molecule has 0 fully saturated rings. The minimum absolute atomic E-state index is 0.0964. The number of aliphatic imine (C=N–C) groups is 1. The van der Waals surface area contributed by atoms with Crippen LogP contribution in [0.1, 0.15) is 50.9 Å². The van der Waals surface area contributed by atoms with Crippen LogP contribution in [0, 0.1) is 17.0 Å². The third kappa shape index (κ3) is 8.13. The van der Waals surface area contributed by atoms with Gasteiger partial charge in [0.1, 0.15) is 23.1 Å². The Hall–Kier alpha value is -4.58. The lowest BCUT2D eigenvalue weighted by molar-refractivity contribution is -0.141. The molecule has 0 aliphatic carbocycles. The number of nitrogens with zero attached hydrogens (tertiary/aromatic N) is 2. The molecule has 0 atom stereocenters. The summed E-state index contributed by atoms with van der Waals surface area (Å²) >= 11 is 0.